The Labute approximate surface area is 148 Å². The first-order valence-electron chi connectivity index (χ1n) is 8.39. The Kier molecular flexibility index (Phi) is 7.69. The predicted molar refractivity (Wildman–Crippen MR) is 92.0 cm³/mol. The lowest BCUT2D eigenvalue weighted by Crippen LogP contribution is -2.49. The number of hydrogen-bond donors (Lipinski definition) is 1. The van der Waals surface area contributed by atoms with E-state index < -0.39 is 6.09 Å². The van der Waals surface area contributed by atoms with E-state index in [9.17, 15) is 9.59 Å². The molecule has 1 aromatic rings. The van der Waals surface area contributed by atoms with Gasteiger partial charge in [0.2, 0.25) is 5.91 Å². The van der Waals surface area contributed by atoms with E-state index in [2.05, 4.69) is 5.32 Å². The van der Waals surface area contributed by atoms with Gasteiger partial charge in [-0.2, -0.15) is 0 Å². The number of methoxy groups -OCH3 is 2. The fourth-order valence-electron chi connectivity index (χ4n) is 3.09. The minimum absolute atomic E-state index is 0.0137. The Bertz CT molecular complexity index is 538. The molecule has 7 heteroatoms. The fraction of sp³-hybridized carbons (Fsp3) is 0.556. The number of ether oxygens (including phenoxy) is 3. The lowest BCUT2D eigenvalue weighted by atomic mass is 10.2. The molecule has 0 aliphatic carbocycles. The molecule has 1 N–H and O–H groups in total. The maximum Gasteiger partial charge on any atom is 0.407 e. The first-order chi connectivity index (χ1) is 12.2. The maximum absolute atomic E-state index is 12.5. The van der Waals surface area contributed by atoms with Gasteiger partial charge < -0.3 is 24.4 Å². The monoisotopic (exact) mass is 350 g/mol. The smallest absolute Gasteiger partial charge is 0.407 e. The van der Waals surface area contributed by atoms with Crippen molar-refractivity contribution >= 4 is 12.0 Å². The van der Waals surface area contributed by atoms with Gasteiger partial charge in [0, 0.05) is 14.2 Å². The molecule has 2 amide bonds. The molecule has 1 saturated heterocycles. The SMILES string of the molecule is COC[C@@H]1CC[C@@H](COC)N1C(=O)CNC(=O)OCc1ccccc1. The van der Waals surface area contributed by atoms with Gasteiger partial charge in [-0.25, -0.2) is 4.79 Å². The zero-order valence-electron chi connectivity index (χ0n) is 14.8. The molecule has 1 aromatic carbocycles. The van der Waals surface area contributed by atoms with Crippen LogP contribution in [0.1, 0.15) is 18.4 Å². The van der Waals surface area contributed by atoms with E-state index in [0.717, 1.165) is 18.4 Å². The van der Waals surface area contributed by atoms with E-state index >= 15 is 0 Å². The van der Waals surface area contributed by atoms with E-state index in [1.807, 2.05) is 30.3 Å². The van der Waals surface area contributed by atoms with Gasteiger partial charge in [0.15, 0.2) is 0 Å². The third-order valence-corrected chi connectivity index (χ3v) is 4.22. The zero-order chi connectivity index (χ0) is 18.1. The summed E-state index contributed by atoms with van der Waals surface area (Å²) >= 11 is 0. The number of nitrogens with one attached hydrogen (secondary N) is 1. The van der Waals surface area contributed by atoms with Crippen LogP contribution in [-0.2, 0) is 25.6 Å². The molecule has 138 valence electrons. The van der Waals surface area contributed by atoms with Crippen LogP contribution in [0.3, 0.4) is 0 Å². The zero-order valence-corrected chi connectivity index (χ0v) is 14.8. The van der Waals surface area contributed by atoms with Crippen LogP contribution in [-0.4, -0.2) is 63.0 Å². The molecule has 2 rings (SSSR count). The van der Waals surface area contributed by atoms with Crippen LogP contribution in [0.2, 0.25) is 0 Å². The molecule has 0 spiro atoms. The van der Waals surface area contributed by atoms with E-state index in [1.165, 1.54) is 0 Å². The third kappa shape index (κ3) is 5.72. The topological polar surface area (TPSA) is 77.1 Å². The van der Waals surface area contributed by atoms with Crippen molar-refractivity contribution in [2.45, 2.75) is 31.5 Å². The van der Waals surface area contributed by atoms with E-state index in [4.69, 9.17) is 14.2 Å². The minimum Gasteiger partial charge on any atom is -0.445 e. The molecule has 0 saturated carbocycles. The second-order valence-electron chi connectivity index (χ2n) is 6.01. The van der Waals surface area contributed by atoms with Gasteiger partial charge in [0.25, 0.3) is 0 Å². The van der Waals surface area contributed by atoms with Gasteiger partial charge in [-0.05, 0) is 18.4 Å². The molecule has 2 atom stereocenters. The predicted octanol–water partition coefficient (Wildman–Crippen LogP) is 1.57. The highest BCUT2D eigenvalue weighted by atomic mass is 16.5. The molecular weight excluding hydrogens is 324 g/mol. The largest absolute Gasteiger partial charge is 0.445 e. The first kappa shape index (κ1) is 19.2. The lowest BCUT2D eigenvalue weighted by molar-refractivity contribution is -0.135. The van der Waals surface area contributed by atoms with E-state index in [1.54, 1.807) is 19.1 Å². The van der Waals surface area contributed by atoms with Gasteiger partial charge in [0.05, 0.1) is 25.3 Å². The van der Waals surface area contributed by atoms with Gasteiger partial charge >= 0.3 is 6.09 Å². The van der Waals surface area contributed by atoms with Gasteiger partial charge in [-0.15, -0.1) is 0 Å². The average Bonchev–Trinajstić information content (AvgIpc) is 3.02. The Hall–Kier alpha value is -2.12. The lowest BCUT2D eigenvalue weighted by Gasteiger charge is -2.29. The normalized spacial score (nSPS) is 19.7. The number of likely N-dealkylation sites (tertiary alicyclic amines) is 1. The van der Waals surface area contributed by atoms with Gasteiger partial charge in [-0.3, -0.25) is 4.79 Å². The van der Waals surface area contributed by atoms with Crippen molar-refractivity contribution in [2.75, 3.05) is 34.0 Å². The summed E-state index contributed by atoms with van der Waals surface area (Å²) in [7, 11) is 3.23. The van der Waals surface area contributed by atoms with Crippen LogP contribution in [0.5, 0.6) is 0 Å². The molecule has 0 radical (unpaired) electrons. The molecule has 1 aliphatic rings. The summed E-state index contributed by atoms with van der Waals surface area (Å²) in [5, 5.41) is 2.52. The molecule has 7 nitrogen and oxygen atoms in total. The molecule has 1 fully saturated rings. The first-order valence-corrected chi connectivity index (χ1v) is 8.39. The van der Waals surface area contributed by atoms with Crippen molar-refractivity contribution in [2.24, 2.45) is 0 Å². The Morgan fingerprint density at radius 1 is 1.08 bits per heavy atom. The van der Waals surface area contributed by atoms with Crippen LogP contribution in [0.25, 0.3) is 0 Å². The quantitative estimate of drug-likeness (QED) is 0.770. The number of carbonyl (C=O) groups excluding carboxylic acids is 2. The fourth-order valence-corrected chi connectivity index (χ4v) is 3.09. The molecule has 1 heterocycles. The number of amides is 2. The molecule has 25 heavy (non-hydrogen) atoms. The molecule has 0 aromatic heterocycles. The van der Waals surface area contributed by atoms with Gasteiger partial charge in [0.1, 0.15) is 13.2 Å². The number of carbonyl (C=O) groups is 2. The molecule has 0 unspecified atom stereocenters. The van der Waals surface area contributed by atoms with Crippen LogP contribution >= 0.6 is 0 Å². The standard InChI is InChI=1S/C18H26N2O5/c1-23-12-15-8-9-16(13-24-2)20(15)17(21)10-19-18(22)25-11-14-6-4-3-5-7-14/h3-7,15-16H,8-13H2,1-2H3,(H,19,22)/t15-,16-/m0/s1. The highest BCUT2D eigenvalue weighted by Gasteiger charge is 2.36. The van der Waals surface area contributed by atoms with Crippen molar-refractivity contribution in [3.8, 4) is 0 Å². The maximum atomic E-state index is 12.5. The van der Waals surface area contributed by atoms with Crippen molar-refractivity contribution < 1.29 is 23.8 Å². The number of benzene rings is 1. The van der Waals surface area contributed by atoms with Crippen LogP contribution < -0.4 is 5.32 Å². The third-order valence-electron chi connectivity index (χ3n) is 4.22. The number of alkyl carbamates (subject to hydrolysis) is 1. The Morgan fingerprint density at radius 2 is 1.68 bits per heavy atom. The summed E-state index contributed by atoms with van der Waals surface area (Å²) in [6, 6.07) is 9.41. The highest BCUT2D eigenvalue weighted by molar-refractivity contribution is 5.83. The Morgan fingerprint density at radius 3 is 2.24 bits per heavy atom. The molecule has 1 aliphatic heterocycles. The van der Waals surface area contributed by atoms with Crippen LogP contribution in [0.4, 0.5) is 4.79 Å². The Balaban J connectivity index is 1.81. The van der Waals surface area contributed by atoms with Crippen molar-refractivity contribution in [3.05, 3.63) is 35.9 Å². The summed E-state index contributed by atoms with van der Waals surface area (Å²) < 4.78 is 15.5. The summed E-state index contributed by atoms with van der Waals surface area (Å²) in [5.41, 5.74) is 0.892. The highest BCUT2D eigenvalue weighted by Crippen LogP contribution is 2.24. The van der Waals surface area contributed by atoms with Crippen LogP contribution in [0.15, 0.2) is 30.3 Å². The summed E-state index contributed by atoms with van der Waals surface area (Å²) in [5.74, 6) is -0.154. The number of nitrogens with zero attached hydrogens (tertiary/aromatic N) is 1. The molecular formula is C18H26N2O5. The summed E-state index contributed by atoms with van der Waals surface area (Å²) in [6.07, 6.45) is 1.13. The van der Waals surface area contributed by atoms with Crippen molar-refractivity contribution in [1.29, 1.82) is 0 Å². The minimum atomic E-state index is -0.608. The number of rotatable bonds is 8. The van der Waals surface area contributed by atoms with E-state index in [-0.39, 0.29) is 31.1 Å². The average molecular weight is 350 g/mol. The summed E-state index contributed by atoms with van der Waals surface area (Å²) in [4.78, 5) is 26.1. The van der Waals surface area contributed by atoms with Gasteiger partial charge in [-0.1, -0.05) is 30.3 Å². The second kappa shape index (κ2) is 10.0. The van der Waals surface area contributed by atoms with Crippen molar-refractivity contribution in [1.82, 2.24) is 10.2 Å². The molecule has 0 bridgehead atoms. The second-order valence-corrected chi connectivity index (χ2v) is 6.01. The van der Waals surface area contributed by atoms with Crippen molar-refractivity contribution in [3.63, 3.8) is 0 Å². The van der Waals surface area contributed by atoms with Crippen LogP contribution in [0, 0.1) is 0 Å². The number of hydrogen-bond acceptors (Lipinski definition) is 5. The van der Waals surface area contributed by atoms with E-state index in [0.29, 0.717) is 13.2 Å². The summed E-state index contributed by atoms with van der Waals surface area (Å²) in [6.45, 7) is 1.02.